The Kier molecular flexibility index (Phi) is 3.39. The number of halogens is 1. The zero-order chi connectivity index (χ0) is 13.9. The number of anilines is 1. The van der Waals surface area contributed by atoms with Gasteiger partial charge in [0.15, 0.2) is 0 Å². The molecule has 0 radical (unpaired) electrons. The van der Waals surface area contributed by atoms with E-state index in [-0.39, 0.29) is 18.1 Å². The molecule has 1 aromatic carbocycles. The Hall–Kier alpha value is -2.34. The molecule has 1 amide bonds. The smallest absolute Gasteiger partial charge is 0.229 e. The number of carbonyl (C=O) groups is 1. The summed E-state index contributed by atoms with van der Waals surface area (Å²) in [6.45, 7) is 0. The summed E-state index contributed by atoms with van der Waals surface area (Å²) in [7, 11) is 0. The van der Waals surface area contributed by atoms with Crippen LogP contribution in [0.4, 0.5) is 10.2 Å². The lowest BCUT2D eigenvalue weighted by Gasteiger charge is -2.05. The SMILES string of the molecule is O=C(Cc1ccc(F)cc1)Nc1ncnc2sccc12. The molecular weight excluding hydrogens is 277 g/mol. The number of thiophene rings is 1. The quantitative estimate of drug-likeness (QED) is 0.805. The van der Waals surface area contributed by atoms with Gasteiger partial charge in [-0.15, -0.1) is 11.3 Å². The molecule has 1 N–H and O–H groups in total. The van der Waals surface area contributed by atoms with Crippen molar-refractivity contribution in [3.05, 3.63) is 53.4 Å². The van der Waals surface area contributed by atoms with Gasteiger partial charge in [-0.2, -0.15) is 0 Å². The van der Waals surface area contributed by atoms with Gasteiger partial charge in [0.05, 0.1) is 11.8 Å². The molecular formula is C14H10FN3OS. The van der Waals surface area contributed by atoms with E-state index in [1.807, 2.05) is 11.4 Å². The predicted octanol–water partition coefficient (Wildman–Crippen LogP) is 3.01. The standard InChI is InChI=1S/C14H10FN3OS/c15-10-3-1-9(2-4-10)7-12(19)18-13-11-5-6-20-14(11)17-8-16-13/h1-6,8H,7H2,(H,16,17,18,19). The van der Waals surface area contributed by atoms with E-state index in [1.54, 1.807) is 12.1 Å². The topological polar surface area (TPSA) is 54.9 Å². The van der Waals surface area contributed by atoms with E-state index >= 15 is 0 Å². The van der Waals surface area contributed by atoms with E-state index in [2.05, 4.69) is 15.3 Å². The molecule has 20 heavy (non-hydrogen) atoms. The molecule has 3 aromatic rings. The highest BCUT2D eigenvalue weighted by atomic mass is 32.1. The lowest BCUT2D eigenvalue weighted by Crippen LogP contribution is -2.15. The monoisotopic (exact) mass is 287 g/mol. The van der Waals surface area contributed by atoms with Gasteiger partial charge in [-0.05, 0) is 29.1 Å². The molecule has 2 heterocycles. The van der Waals surface area contributed by atoms with Crippen LogP contribution in [0.2, 0.25) is 0 Å². The maximum Gasteiger partial charge on any atom is 0.229 e. The van der Waals surface area contributed by atoms with Crippen molar-refractivity contribution in [2.75, 3.05) is 5.32 Å². The predicted molar refractivity (Wildman–Crippen MR) is 76.1 cm³/mol. The van der Waals surface area contributed by atoms with Gasteiger partial charge in [0.1, 0.15) is 22.8 Å². The Morgan fingerprint density at radius 1 is 1.20 bits per heavy atom. The molecule has 0 saturated heterocycles. The van der Waals surface area contributed by atoms with Crippen LogP contribution >= 0.6 is 11.3 Å². The first kappa shape index (κ1) is 12.7. The molecule has 0 bridgehead atoms. The summed E-state index contributed by atoms with van der Waals surface area (Å²) in [5, 5.41) is 5.48. The number of amides is 1. The molecule has 2 aromatic heterocycles. The molecule has 0 saturated carbocycles. The van der Waals surface area contributed by atoms with E-state index < -0.39 is 0 Å². The maximum atomic E-state index is 12.8. The lowest BCUT2D eigenvalue weighted by molar-refractivity contribution is -0.115. The lowest BCUT2D eigenvalue weighted by atomic mass is 10.1. The molecule has 0 unspecified atom stereocenters. The number of nitrogens with one attached hydrogen (secondary N) is 1. The summed E-state index contributed by atoms with van der Waals surface area (Å²) in [4.78, 5) is 21.0. The second-order valence-electron chi connectivity index (χ2n) is 4.21. The summed E-state index contributed by atoms with van der Waals surface area (Å²) in [6.07, 6.45) is 1.60. The van der Waals surface area contributed by atoms with Crippen LogP contribution < -0.4 is 5.32 Å². The number of hydrogen-bond donors (Lipinski definition) is 1. The third-order valence-electron chi connectivity index (χ3n) is 2.80. The second kappa shape index (κ2) is 5.34. The fraction of sp³-hybridized carbons (Fsp3) is 0.0714. The van der Waals surface area contributed by atoms with Gasteiger partial charge >= 0.3 is 0 Å². The minimum absolute atomic E-state index is 0.177. The number of rotatable bonds is 3. The van der Waals surface area contributed by atoms with Crippen LogP contribution in [0.15, 0.2) is 42.0 Å². The fourth-order valence-electron chi connectivity index (χ4n) is 1.85. The summed E-state index contributed by atoms with van der Waals surface area (Å²) >= 11 is 1.49. The first-order valence-corrected chi connectivity index (χ1v) is 6.83. The molecule has 3 rings (SSSR count). The summed E-state index contributed by atoms with van der Waals surface area (Å²) in [6, 6.07) is 7.73. The zero-order valence-corrected chi connectivity index (χ0v) is 11.2. The van der Waals surface area contributed by atoms with Crippen LogP contribution in [0.3, 0.4) is 0 Å². The molecule has 0 aliphatic carbocycles. The third kappa shape index (κ3) is 2.65. The van der Waals surface area contributed by atoms with Gasteiger partial charge in [-0.1, -0.05) is 12.1 Å². The molecule has 0 aliphatic rings. The molecule has 100 valence electrons. The van der Waals surface area contributed by atoms with Crippen LogP contribution in [-0.4, -0.2) is 15.9 Å². The van der Waals surface area contributed by atoms with Crippen molar-refractivity contribution in [3.8, 4) is 0 Å². The first-order valence-electron chi connectivity index (χ1n) is 5.95. The zero-order valence-electron chi connectivity index (χ0n) is 10.3. The second-order valence-corrected chi connectivity index (χ2v) is 5.11. The Balaban J connectivity index is 1.76. The highest BCUT2D eigenvalue weighted by Gasteiger charge is 2.09. The average molecular weight is 287 g/mol. The van der Waals surface area contributed by atoms with Crippen molar-refractivity contribution in [2.24, 2.45) is 0 Å². The van der Waals surface area contributed by atoms with Crippen molar-refractivity contribution in [3.63, 3.8) is 0 Å². The number of benzene rings is 1. The normalized spacial score (nSPS) is 10.7. The number of hydrogen-bond acceptors (Lipinski definition) is 4. The summed E-state index contributed by atoms with van der Waals surface area (Å²) in [5.41, 5.74) is 0.750. The molecule has 6 heteroatoms. The average Bonchev–Trinajstić information content (AvgIpc) is 2.91. The van der Waals surface area contributed by atoms with E-state index in [4.69, 9.17) is 0 Å². The van der Waals surface area contributed by atoms with Gasteiger partial charge in [0.25, 0.3) is 0 Å². The van der Waals surface area contributed by atoms with Crippen molar-refractivity contribution in [1.29, 1.82) is 0 Å². The van der Waals surface area contributed by atoms with Crippen molar-refractivity contribution < 1.29 is 9.18 Å². The molecule has 4 nitrogen and oxygen atoms in total. The van der Waals surface area contributed by atoms with E-state index in [0.717, 1.165) is 15.8 Å². The fourth-order valence-corrected chi connectivity index (χ4v) is 2.59. The van der Waals surface area contributed by atoms with Gasteiger partial charge in [0.2, 0.25) is 5.91 Å². The van der Waals surface area contributed by atoms with Crippen molar-refractivity contribution in [2.45, 2.75) is 6.42 Å². The number of fused-ring (bicyclic) bond motifs is 1. The van der Waals surface area contributed by atoms with Gasteiger partial charge < -0.3 is 5.32 Å². The number of nitrogens with zero attached hydrogens (tertiary/aromatic N) is 2. The van der Waals surface area contributed by atoms with Gasteiger partial charge in [-0.3, -0.25) is 4.79 Å². The van der Waals surface area contributed by atoms with Crippen LogP contribution in [0, 0.1) is 5.82 Å². The summed E-state index contributed by atoms with van der Waals surface area (Å²) < 4.78 is 12.8. The summed E-state index contributed by atoms with van der Waals surface area (Å²) in [5.74, 6) is -0.00360. The largest absolute Gasteiger partial charge is 0.310 e. The number of aromatic nitrogens is 2. The molecule has 0 fully saturated rings. The van der Waals surface area contributed by atoms with Crippen molar-refractivity contribution in [1.82, 2.24) is 9.97 Å². The van der Waals surface area contributed by atoms with Crippen LogP contribution in [0.5, 0.6) is 0 Å². The highest BCUT2D eigenvalue weighted by molar-refractivity contribution is 7.16. The molecule has 0 spiro atoms. The van der Waals surface area contributed by atoms with E-state index in [1.165, 1.54) is 29.8 Å². The Labute approximate surface area is 118 Å². The maximum absolute atomic E-state index is 12.8. The molecule has 0 atom stereocenters. The minimum atomic E-state index is -0.315. The van der Waals surface area contributed by atoms with Crippen LogP contribution in [-0.2, 0) is 11.2 Å². The van der Waals surface area contributed by atoms with Crippen LogP contribution in [0.25, 0.3) is 10.2 Å². The van der Waals surface area contributed by atoms with Crippen LogP contribution in [0.1, 0.15) is 5.56 Å². The minimum Gasteiger partial charge on any atom is -0.310 e. The third-order valence-corrected chi connectivity index (χ3v) is 3.62. The van der Waals surface area contributed by atoms with E-state index in [9.17, 15) is 9.18 Å². The first-order chi connectivity index (χ1) is 9.72. The Morgan fingerprint density at radius 2 is 2.00 bits per heavy atom. The highest BCUT2D eigenvalue weighted by Crippen LogP contribution is 2.23. The Morgan fingerprint density at radius 3 is 2.80 bits per heavy atom. The molecule has 0 aliphatic heterocycles. The van der Waals surface area contributed by atoms with Gasteiger partial charge in [0, 0.05) is 0 Å². The van der Waals surface area contributed by atoms with Gasteiger partial charge in [-0.25, -0.2) is 14.4 Å². The number of carbonyl (C=O) groups excluding carboxylic acids is 1. The van der Waals surface area contributed by atoms with E-state index in [0.29, 0.717) is 5.82 Å². The van der Waals surface area contributed by atoms with Crippen molar-refractivity contribution >= 4 is 33.3 Å². The Bertz CT molecular complexity index is 754.